The van der Waals surface area contributed by atoms with Gasteiger partial charge in [-0.1, -0.05) is 25.6 Å². The topological polar surface area (TPSA) is 29.1 Å². The first-order chi connectivity index (χ1) is 10.9. The lowest BCUT2D eigenvalue weighted by Crippen LogP contribution is -2.15. The first-order valence-electron chi connectivity index (χ1n) is 7.89. The van der Waals surface area contributed by atoms with Crippen molar-refractivity contribution in [3.63, 3.8) is 0 Å². The molecule has 1 aromatic rings. The van der Waals surface area contributed by atoms with E-state index in [1.54, 1.807) is 0 Å². The van der Waals surface area contributed by atoms with E-state index in [1.807, 2.05) is 6.92 Å². The summed E-state index contributed by atoms with van der Waals surface area (Å²) in [6.45, 7) is 7.63. The van der Waals surface area contributed by atoms with Crippen molar-refractivity contribution in [2.75, 3.05) is 13.1 Å². The van der Waals surface area contributed by atoms with Crippen LogP contribution >= 0.6 is 0 Å². The second-order valence-corrected chi connectivity index (χ2v) is 6.07. The average Bonchev–Trinajstić information content (AvgIpc) is 2.96. The molecule has 2 nitrogen and oxygen atoms in total. The van der Waals surface area contributed by atoms with Crippen molar-refractivity contribution in [2.45, 2.75) is 25.9 Å². The number of aryl methyl sites for hydroxylation is 1. The second kappa shape index (κ2) is 7.30. The number of halogens is 3. The Kier molecular flexibility index (Phi) is 5.63. The van der Waals surface area contributed by atoms with Gasteiger partial charge in [-0.3, -0.25) is 4.79 Å². The molecule has 23 heavy (non-hydrogen) atoms. The molecule has 1 aliphatic carbocycles. The SMILES string of the molecule is C=CC(=O)CC1C2CNCC21.CCc1ccc(C(F)(F)F)cc1. The summed E-state index contributed by atoms with van der Waals surface area (Å²) in [6.07, 6.45) is -1.27. The maximum Gasteiger partial charge on any atom is 0.416 e. The minimum Gasteiger partial charge on any atom is -0.316 e. The normalized spacial score (nSPS) is 25.1. The molecule has 126 valence electrons. The summed E-state index contributed by atoms with van der Waals surface area (Å²) in [5.74, 6) is 2.50. The van der Waals surface area contributed by atoms with Gasteiger partial charge in [-0.05, 0) is 61.0 Å². The number of hydrogen-bond acceptors (Lipinski definition) is 2. The summed E-state index contributed by atoms with van der Waals surface area (Å²) in [5.41, 5.74) is 0.336. The van der Waals surface area contributed by atoms with Crippen LogP contribution in [0.1, 0.15) is 24.5 Å². The Morgan fingerprint density at radius 3 is 2.26 bits per heavy atom. The third-order valence-electron chi connectivity index (χ3n) is 4.62. The number of rotatable bonds is 4. The molecule has 0 amide bonds. The Hall–Kier alpha value is -1.62. The Balaban J connectivity index is 0.000000167. The van der Waals surface area contributed by atoms with Crippen LogP contribution in [-0.2, 0) is 17.4 Å². The number of carbonyl (C=O) groups excluding carboxylic acids is 1. The molecule has 0 spiro atoms. The monoisotopic (exact) mass is 325 g/mol. The van der Waals surface area contributed by atoms with Crippen LogP contribution < -0.4 is 5.32 Å². The van der Waals surface area contributed by atoms with Crippen LogP contribution in [0, 0.1) is 17.8 Å². The van der Waals surface area contributed by atoms with Crippen LogP contribution in [0.15, 0.2) is 36.9 Å². The number of carbonyl (C=O) groups is 1. The number of alkyl halides is 3. The molecule has 1 heterocycles. The predicted molar refractivity (Wildman–Crippen MR) is 84.0 cm³/mol. The number of benzene rings is 1. The zero-order valence-electron chi connectivity index (χ0n) is 13.2. The first-order valence-corrected chi connectivity index (χ1v) is 7.89. The van der Waals surface area contributed by atoms with E-state index in [2.05, 4.69) is 11.9 Å². The van der Waals surface area contributed by atoms with Crippen molar-refractivity contribution in [3.05, 3.63) is 48.0 Å². The molecule has 0 radical (unpaired) electrons. The number of ketones is 1. The molecule has 1 aliphatic heterocycles. The lowest BCUT2D eigenvalue weighted by atomic mass is 10.1. The summed E-state index contributed by atoms with van der Waals surface area (Å²) in [6, 6.07) is 5.23. The van der Waals surface area contributed by atoms with Gasteiger partial charge < -0.3 is 5.32 Å². The number of fused-ring (bicyclic) bond motifs is 1. The standard InChI is InChI=1S/C9H9F3.C9H13NO/c1-2-7-3-5-8(6-4-7)9(10,11)12;1-2-6(11)3-7-8-4-10-5-9(7)8/h3-6H,2H2,1H3;2,7-10H,1,3-5H2. The van der Waals surface area contributed by atoms with Crippen molar-refractivity contribution in [1.29, 1.82) is 0 Å². The Labute approximate surface area is 134 Å². The van der Waals surface area contributed by atoms with E-state index in [-0.39, 0.29) is 5.78 Å². The third kappa shape index (κ3) is 4.67. The smallest absolute Gasteiger partial charge is 0.316 e. The van der Waals surface area contributed by atoms with Crippen LogP contribution in [0.25, 0.3) is 0 Å². The van der Waals surface area contributed by atoms with E-state index >= 15 is 0 Å². The number of nitrogens with one attached hydrogen (secondary N) is 1. The largest absolute Gasteiger partial charge is 0.416 e. The van der Waals surface area contributed by atoms with Crippen LogP contribution in [0.4, 0.5) is 13.2 Å². The zero-order valence-corrected chi connectivity index (χ0v) is 13.2. The van der Waals surface area contributed by atoms with Gasteiger partial charge in [0.1, 0.15) is 0 Å². The van der Waals surface area contributed by atoms with E-state index in [0.29, 0.717) is 5.92 Å². The quantitative estimate of drug-likeness (QED) is 0.852. The minimum atomic E-state index is -4.22. The van der Waals surface area contributed by atoms with Crippen LogP contribution in [-0.4, -0.2) is 18.9 Å². The highest BCUT2D eigenvalue weighted by atomic mass is 19.4. The number of hydrogen-bond donors (Lipinski definition) is 1. The van der Waals surface area contributed by atoms with E-state index in [1.165, 1.54) is 18.2 Å². The maximum absolute atomic E-state index is 12.0. The van der Waals surface area contributed by atoms with Gasteiger partial charge in [0, 0.05) is 6.42 Å². The highest BCUT2D eigenvalue weighted by molar-refractivity contribution is 5.89. The van der Waals surface area contributed by atoms with Gasteiger partial charge in [0.2, 0.25) is 0 Å². The van der Waals surface area contributed by atoms with E-state index in [9.17, 15) is 18.0 Å². The molecule has 1 saturated heterocycles. The average molecular weight is 325 g/mol. The number of allylic oxidation sites excluding steroid dienone is 1. The van der Waals surface area contributed by atoms with Crippen molar-refractivity contribution < 1.29 is 18.0 Å². The summed E-state index contributed by atoms with van der Waals surface area (Å²) in [5, 5.41) is 3.31. The maximum atomic E-state index is 12.0. The Morgan fingerprint density at radius 1 is 1.26 bits per heavy atom. The predicted octanol–water partition coefficient (Wildman–Crippen LogP) is 3.86. The number of piperidine rings is 1. The van der Waals surface area contributed by atoms with E-state index in [4.69, 9.17) is 0 Å². The first kappa shape index (κ1) is 17.7. The van der Waals surface area contributed by atoms with Crippen molar-refractivity contribution >= 4 is 5.78 Å². The van der Waals surface area contributed by atoms with Crippen molar-refractivity contribution in [1.82, 2.24) is 5.32 Å². The summed E-state index contributed by atoms with van der Waals surface area (Å²) in [4.78, 5) is 11.0. The molecule has 1 N–H and O–H groups in total. The van der Waals surface area contributed by atoms with Gasteiger partial charge in [0.15, 0.2) is 5.78 Å². The molecule has 2 fully saturated rings. The Morgan fingerprint density at radius 2 is 1.83 bits per heavy atom. The fourth-order valence-electron chi connectivity index (χ4n) is 3.09. The molecule has 2 atom stereocenters. The highest BCUT2D eigenvalue weighted by Crippen LogP contribution is 2.50. The van der Waals surface area contributed by atoms with Crippen molar-refractivity contribution in [3.8, 4) is 0 Å². The van der Waals surface area contributed by atoms with Gasteiger partial charge in [0.25, 0.3) is 0 Å². The molecule has 1 saturated carbocycles. The second-order valence-electron chi connectivity index (χ2n) is 6.07. The minimum absolute atomic E-state index is 0.212. The fourth-order valence-corrected chi connectivity index (χ4v) is 3.09. The third-order valence-corrected chi connectivity index (χ3v) is 4.62. The lowest BCUT2D eigenvalue weighted by Gasteiger charge is -2.06. The molecule has 0 bridgehead atoms. The lowest BCUT2D eigenvalue weighted by molar-refractivity contribution is -0.137. The van der Waals surface area contributed by atoms with Crippen molar-refractivity contribution in [2.24, 2.45) is 17.8 Å². The van der Waals surface area contributed by atoms with Crippen LogP contribution in [0.2, 0.25) is 0 Å². The summed E-state index contributed by atoms with van der Waals surface area (Å²) in [7, 11) is 0. The molecule has 2 aliphatic rings. The molecule has 3 rings (SSSR count). The van der Waals surface area contributed by atoms with Gasteiger partial charge in [-0.25, -0.2) is 0 Å². The van der Waals surface area contributed by atoms with Gasteiger partial charge >= 0.3 is 6.18 Å². The molecule has 1 aromatic carbocycles. The van der Waals surface area contributed by atoms with E-state index in [0.717, 1.165) is 55.5 Å². The molecule has 2 unspecified atom stereocenters. The van der Waals surface area contributed by atoms with Gasteiger partial charge in [-0.15, -0.1) is 0 Å². The summed E-state index contributed by atoms with van der Waals surface area (Å²) < 4.78 is 36.1. The zero-order chi connectivity index (χ0) is 17.0. The van der Waals surface area contributed by atoms with Gasteiger partial charge in [0.05, 0.1) is 5.56 Å². The highest BCUT2D eigenvalue weighted by Gasteiger charge is 2.52. The van der Waals surface area contributed by atoms with Gasteiger partial charge in [-0.2, -0.15) is 13.2 Å². The molecular weight excluding hydrogens is 303 g/mol. The Bertz CT molecular complexity index is 540. The molecule has 0 aromatic heterocycles. The van der Waals surface area contributed by atoms with E-state index < -0.39 is 11.7 Å². The summed E-state index contributed by atoms with van der Waals surface area (Å²) >= 11 is 0. The molecule has 5 heteroatoms. The fraction of sp³-hybridized carbons (Fsp3) is 0.500. The van der Waals surface area contributed by atoms with Crippen LogP contribution in [0.5, 0.6) is 0 Å². The molecular formula is C18H22F3NO. The van der Waals surface area contributed by atoms with Crippen LogP contribution in [0.3, 0.4) is 0 Å².